The minimum atomic E-state index is -0.502. The molecule has 1 saturated heterocycles. The maximum atomic E-state index is 14.0. The quantitative estimate of drug-likeness (QED) is 0.903. The smallest absolute Gasteiger partial charge is 0.152 e. The number of rotatable bonds is 4. The molecule has 2 nitrogen and oxygen atoms in total. The third-order valence-corrected chi connectivity index (χ3v) is 3.84. The van der Waals surface area contributed by atoms with Crippen LogP contribution in [0.25, 0.3) is 0 Å². The lowest BCUT2D eigenvalue weighted by molar-refractivity contribution is 0.197. The molecule has 1 N–H and O–H groups in total. The Labute approximate surface area is 120 Å². The zero-order chi connectivity index (χ0) is 14.7. The fraction of sp³-hybridized carbons (Fsp3) is 0.625. The summed E-state index contributed by atoms with van der Waals surface area (Å²) in [6.45, 7) is 9.16. The van der Waals surface area contributed by atoms with Crippen molar-refractivity contribution in [3.63, 3.8) is 0 Å². The molecule has 112 valence electrons. The number of aryl methyl sites for hydroxylation is 1. The van der Waals surface area contributed by atoms with Crippen LogP contribution in [0.1, 0.15) is 32.3 Å². The van der Waals surface area contributed by atoms with Gasteiger partial charge in [0.2, 0.25) is 0 Å². The van der Waals surface area contributed by atoms with Gasteiger partial charge in [0.15, 0.2) is 5.82 Å². The number of likely N-dealkylation sites (tertiary alicyclic amines) is 1. The minimum absolute atomic E-state index is 0.0345. The molecule has 0 spiro atoms. The molecule has 0 unspecified atom stereocenters. The monoisotopic (exact) mass is 282 g/mol. The Morgan fingerprint density at radius 3 is 2.50 bits per heavy atom. The molecule has 4 heteroatoms. The van der Waals surface area contributed by atoms with Gasteiger partial charge in [-0.3, -0.25) is 0 Å². The van der Waals surface area contributed by atoms with E-state index < -0.39 is 11.6 Å². The van der Waals surface area contributed by atoms with E-state index in [0.29, 0.717) is 11.5 Å². The van der Waals surface area contributed by atoms with Gasteiger partial charge in [-0.2, -0.15) is 0 Å². The molecular formula is C16H24F2N2. The minimum Gasteiger partial charge on any atom is -0.377 e. The topological polar surface area (TPSA) is 15.3 Å². The molecule has 0 aromatic heterocycles. The average molecular weight is 282 g/mol. The van der Waals surface area contributed by atoms with Crippen molar-refractivity contribution in [2.45, 2.75) is 39.7 Å². The lowest BCUT2D eigenvalue weighted by Gasteiger charge is -2.33. The second kappa shape index (κ2) is 6.53. The molecule has 0 aliphatic carbocycles. The van der Waals surface area contributed by atoms with Crippen LogP contribution in [0.5, 0.6) is 0 Å². The predicted octanol–water partition coefficient (Wildman–Crippen LogP) is 3.81. The molecule has 0 atom stereocenters. The normalized spacial score (nSPS) is 17.7. The fourth-order valence-corrected chi connectivity index (χ4v) is 2.77. The van der Waals surface area contributed by atoms with Crippen molar-refractivity contribution in [1.29, 1.82) is 0 Å². The molecule has 2 rings (SSSR count). The number of benzene rings is 1. The summed E-state index contributed by atoms with van der Waals surface area (Å²) in [6, 6.07) is 2.96. The number of halogens is 2. The zero-order valence-electron chi connectivity index (χ0n) is 12.5. The predicted molar refractivity (Wildman–Crippen MR) is 79.0 cm³/mol. The van der Waals surface area contributed by atoms with E-state index in [-0.39, 0.29) is 11.7 Å². The van der Waals surface area contributed by atoms with Crippen molar-refractivity contribution in [2.75, 3.05) is 25.0 Å². The second-order valence-corrected chi connectivity index (χ2v) is 6.17. The number of anilines is 1. The summed E-state index contributed by atoms with van der Waals surface area (Å²) < 4.78 is 27.7. The van der Waals surface area contributed by atoms with Crippen molar-refractivity contribution >= 4 is 5.69 Å². The van der Waals surface area contributed by atoms with Crippen molar-refractivity contribution < 1.29 is 8.78 Å². The molecule has 1 heterocycles. The van der Waals surface area contributed by atoms with Crippen molar-refractivity contribution in [3.8, 4) is 0 Å². The van der Waals surface area contributed by atoms with E-state index >= 15 is 0 Å². The molecule has 20 heavy (non-hydrogen) atoms. The maximum absolute atomic E-state index is 14.0. The van der Waals surface area contributed by atoms with Crippen LogP contribution >= 0.6 is 0 Å². The van der Waals surface area contributed by atoms with Crippen LogP contribution in [0.4, 0.5) is 14.5 Å². The summed E-state index contributed by atoms with van der Waals surface area (Å²) in [4.78, 5) is 2.42. The van der Waals surface area contributed by atoms with Gasteiger partial charge in [-0.25, -0.2) is 8.78 Å². The average Bonchev–Trinajstić information content (AvgIpc) is 2.40. The number of piperidine rings is 1. The Kier molecular flexibility index (Phi) is 4.97. The Morgan fingerprint density at radius 1 is 1.25 bits per heavy atom. The first-order chi connectivity index (χ1) is 9.47. The molecule has 1 fully saturated rings. The first-order valence-electron chi connectivity index (χ1n) is 7.41. The van der Waals surface area contributed by atoms with E-state index in [1.165, 1.54) is 12.1 Å². The van der Waals surface area contributed by atoms with Crippen LogP contribution in [0, 0.1) is 24.5 Å². The largest absolute Gasteiger partial charge is 0.377 e. The van der Waals surface area contributed by atoms with Crippen molar-refractivity contribution in [2.24, 2.45) is 5.92 Å². The Bertz CT molecular complexity index is 452. The Morgan fingerprint density at radius 2 is 1.90 bits per heavy atom. The van der Waals surface area contributed by atoms with E-state index in [9.17, 15) is 8.78 Å². The van der Waals surface area contributed by atoms with Gasteiger partial charge in [0.1, 0.15) is 11.5 Å². The highest BCUT2D eigenvalue weighted by Crippen LogP contribution is 2.25. The molecule has 1 aliphatic heterocycles. The van der Waals surface area contributed by atoms with E-state index in [0.717, 1.165) is 32.5 Å². The van der Waals surface area contributed by atoms with Crippen LogP contribution in [-0.2, 0) is 0 Å². The van der Waals surface area contributed by atoms with Gasteiger partial charge in [-0.1, -0.05) is 19.9 Å². The van der Waals surface area contributed by atoms with Gasteiger partial charge in [0, 0.05) is 25.7 Å². The summed E-state index contributed by atoms with van der Waals surface area (Å²) in [6.07, 6.45) is 1.86. The number of hydrogen-bond donors (Lipinski definition) is 1. The number of hydrogen-bond acceptors (Lipinski definition) is 2. The molecule has 0 amide bonds. The first kappa shape index (κ1) is 15.2. The highest BCUT2D eigenvalue weighted by Gasteiger charge is 2.22. The lowest BCUT2D eigenvalue weighted by atomic mass is 10.0. The third kappa shape index (κ3) is 3.69. The molecular weight excluding hydrogens is 258 g/mol. The van der Waals surface area contributed by atoms with Crippen molar-refractivity contribution in [3.05, 3.63) is 29.3 Å². The highest BCUT2D eigenvalue weighted by atomic mass is 19.1. The Hall–Kier alpha value is -1.16. The summed E-state index contributed by atoms with van der Waals surface area (Å²) in [7, 11) is 0. The number of nitrogens with one attached hydrogen (secondary N) is 1. The molecule has 1 aromatic carbocycles. The summed E-state index contributed by atoms with van der Waals surface area (Å²) >= 11 is 0. The van der Waals surface area contributed by atoms with Crippen LogP contribution in [-0.4, -0.2) is 30.6 Å². The van der Waals surface area contributed by atoms with Gasteiger partial charge in [0.25, 0.3) is 0 Å². The fourth-order valence-electron chi connectivity index (χ4n) is 2.77. The highest BCUT2D eigenvalue weighted by molar-refractivity contribution is 5.49. The van der Waals surface area contributed by atoms with Crippen LogP contribution in [0.15, 0.2) is 12.1 Å². The second-order valence-electron chi connectivity index (χ2n) is 6.17. The van der Waals surface area contributed by atoms with Crippen molar-refractivity contribution in [1.82, 2.24) is 4.90 Å². The van der Waals surface area contributed by atoms with E-state index in [1.54, 1.807) is 6.92 Å². The van der Waals surface area contributed by atoms with E-state index in [1.807, 2.05) is 0 Å². The first-order valence-corrected chi connectivity index (χ1v) is 7.41. The van der Waals surface area contributed by atoms with Gasteiger partial charge >= 0.3 is 0 Å². The SMILES string of the molecule is Cc1ccc(F)c(NC2CCN(CC(C)C)CC2)c1F. The van der Waals surface area contributed by atoms with Gasteiger partial charge in [-0.15, -0.1) is 0 Å². The van der Waals surface area contributed by atoms with Gasteiger partial charge in [-0.05, 0) is 37.3 Å². The lowest BCUT2D eigenvalue weighted by Crippen LogP contribution is -2.40. The van der Waals surface area contributed by atoms with E-state index in [2.05, 4.69) is 24.1 Å². The maximum Gasteiger partial charge on any atom is 0.152 e. The van der Waals surface area contributed by atoms with Gasteiger partial charge < -0.3 is 10.2 Å². The molecule has 0 bridgehead atoms. The molecule has 1 aromatic rings. The summed E-state index contributed by atoms with van der Waals surface area (Å²) in [5.74, 6) is -0.307. The van der Waals surface area contributed by atoms with Gasteiger partial charge in [0.05, 0.1) is 0 Å². The van der Waals surface area contributed by atoms with Crippen LogP contribution in [0.2, 0.25) is 0 Å². The molecule has 1 aliphatic rings. The number of nitrogens with zero attached hydrogens (tertiary/aromatic N) is 1. The van der Waals surface area contributed by atoms with E-state index in [4.69, 9.17) is 0 Å². The molecule has 0 saturated carbocycles. The van der Waals surface area contributed by atoms with Crippen LogP contribution in [0.3, 0.4) is 0 Å². The summed E-state index contributed by atoms with van der Waals surface area (Å²) in [5, 5.41) is 3.06. The Balaban J connectivity index is 1.95. The standard InChI is InChI=1S/C16H24F2N2/c1-11(2)10-20-8-6-13(7-9-20)19-16-14(17)5-4-12(3)15(16)18/h4-5,11,13,19H,6-10H2,1-3H3. The zero-order valence-corrected chi connectivity index (χ0v) is 12.5. The summed E-state index contributed by atoms with van der Waals surface area (Å²) in [5.41, 5.74) is 0.512. The molecule has 0 radical (unpaired) electrons. The van der Waals surface area contributed by atoms with Crippen LogP contribution < -0.4 is 5.32 Å². The third-order valence-electron chi connectivity index (χ3n) is 3.84.